The van der Waals surface area contributed by atoms with E-state index >= 15 is 0 Å². The zero-order valence-corrected chi connectivity index (χ0v) is 19.0. The van der Waals surface area contributed by atoms with Gasteiger partial charge in [-0.25, -0.2) is 4.90 Å². The fourth-order valence-corrected chi connectivity index (χ4v) is 4.43. The Morgan fingerprint density at radius 1 is 1.12 bits per heavy atom. The molecule has 2 heterocycles. The Morgan fingerprint density at radius 3 is 2.56 bits per heavy atom. The molecule has 2 aliphatic rings. The van der Waals surface area contributed by atoms with Gasteiger partial charge in [0, 0.05) is 30.8 Å². The third-order valence-corrected chi connectivity index (χ3v) is 5.99. The first-order valence-electron chi connectivity index (χ1n) is 10.9. The van der Waals surface area contributed by atoms with Crippen molar-refractivity contribution in [2.24, 2.45) is 5.92 Å². The Bertz CT molecular complexity index is 1050. The third-order valence-electron chi connectivity index (χ3n) is 5.73. The fourth-order valence-electron chi connectivity index (χ4n) is 4.31. The van der Waals surface area contributed by atoms with Crippen molar-refractivity contribution in [2.45, 2.75) is 32.8 Å². The summed E-state index contributed by atoms with van der Waals surface area (Å²) < 4.78 is 5.77. The summed E-state index contributed by atoms with van der Waals surface area (Å²) >= 11 is 6.06. The molecule has 1 unspecified atom stereocenters. The monoisotopic (exact) mass is 454 g/mol. The van der Waals surface area contributed by atoms with E-state index in [0.29, 0.717) is 46.4 Å². The number of hydrogen-bond donors (Lipinski definition) is 1. The Labute approximate surface area is 193 Å². The predicted molar refractivity (Wildman–Crippen MR) is 124 cm³/mol. The predicted octanol–water partition coefficient (Wildman–Crippen LogP) is 4.12. The minimum absolute atomic E-state index is 0.0303. The lowest BCUT2D eigenvalue weighted by Gasteiger charge is -2.34. The van der Waals surface area contributed by atoms with Crippen molar-refractivity contribution in [3.8, 4) is 5.75 Å². The standard InChI is InChI=1S/C25H27ClN2O4/c1-16(2)32-21-7-3-6-20(13-21)28-24(30)22(18-8-10-19(26)11-9-18)23(25(28)31)27-12-4-5-17(14-27)15-29/h3,6-11,13,16-17,29H,4-5,12,14-15H2,1-2H3. The first kappa shape index (κ1) is 22.4. The number of aliphatic hydroxyl groups excluding tert-OH is 1. The molecule has 6 nitrogen and oxygen atoms in total. The van der Waals surface area contributed by atoms with Gasteiger partial charge in [-0.1, -0.05) is 29.8 Å². The molecule has 0 saturated carbocycles. The molecule has 0 radical (unpaired) electrons. The maximum atomic E-state index is 13.7. The van der Waals surface area contributed by atoms with E-state index in [1.807, 2.05) is 18.7 Å². The number of halogens is 1. The van der Waals surface area contributed by atoms with Gasteiger partial charge in [-0.2, -0.15) is 0 Å². The van der Waals surface area contributed by atoms with E-state index < -0.39 is 0 Å². The number of amides is 2. The highest BCUT2D eigenvalue weighted by atomic mass is 35.5. The van der Waals surface area contributed by atoms with Gasteiger partial charge in [-0.05, 0) is 62.4 Å². The van der Waals surface area contributed by atoms with E-state index in [1.165, 1.54) is 4.90 Å². The summed E-state index contributed by atoms with van der Waals surface area (Å²) in [6.07, 6.45) is 1.72. The lowest BCUT2D eigenvalue weighted by Crippen LogP contribution is -2.40. The van der Waals surface area contributed by atoms with Crippen LogP contribution >= 0.6 is 11.6 Å². The number of anilines is 1. The van der Waals surface area contributed by atoms with Crippen LogP contribution in [-0.4, -0.2) is 47.6 Å². The molecule has 1 saturated heterocycles. The molecule has 2 aromatic carbocycles. The number of hydrogen-bond acceptors (Lipinski definition) is 5. The summed E-state index contributed by atoms with van der Waals surface area (Å²) in [7, 11) is 0. The number of imide groups is 1. The van der Waals surface area contributed by atoms with Crippen molar-refractivity contribution in [3.63, 3.8) is 0 Å². The average Bonchev–Trinajstić information content (AvgIpc) is 3.04. The van der Waals surface area contributed by atoms with Gasteiger partial charge in [-0.3, -0.25) is 9.59 Å². The molecule has 2 aromatic rings. The molecule has 7 heteroatoms. The summed E-state index contributed by atoms with van der Waals surface area (Å²) in [5, 5.41) is 10.2. The highest BCUT2D eigenvalue weighted by Gasteiger charge is 2.43. The first-order valence-corrected chi connectivity index (χ1v) is 11.3. The van der Waals surface area contributed by atoms with Crippen molar-refractivity contribution >= 4 is 34.7 Å². The molecule has 0 spiro atoms. The van der Waals surface area contributed by atoms with Crippen molar-refractivity contribution < 1.29 is 19.4 Å². The number of ether oxygens (including phenoxy) is 1. The molecule has 4 rings (SSSR count). The number of carbonyl (C=O) groups is 2. The molecular formula is C25H27ClN2O4. The normalized spacial score (nSPS) is 19.3. The molecule has 1 atom stereocenters. The van der Waals surface area contributed by atoms with Gasteiger partial charge in [0.2, 0.25) is 0 Å². The van der Waals surface area contributed by atoms with Crippen LogP contribution in [0.4, 0.5) is 5.69 Å². The minimum Gasteiger partial charge on any atom is -0.491 e. The lowest BCUT2D eigenvalue weighted by atomic mass is 9.97. The van der Waals surface area contributed by atoms with Crippen molar-refractivity contribution in [1.29, 1.82) is 0 Å². The Balaban J connectivity index is 1.77. The van der Waals surface area contributed by atoms with Crippen molar-refractivity contribution in [1.82, 2.24) is 4.90 Å². The number of benzene rings is 2. The molecule has 168 valence electrons. The van der Waals surface area contributed by atoms with Crippen molar-refractivity contribution in [2.75, 3.05) is 24.6 Å². The van der Waals surface area contributed by atoms with Gasteiger partial charge in [0.25, 0.3) is 11.8 Å². The lowest BCUT2D eigenvalue weighted by molar-refractivity contribution is -0.120. The largest absolute Gasteiger partial charge is 0.491 e. The van der Waals surface area contributed by atoms with Gasteiger partial charge in [0.15, 0.2) is 0 Å². The summed E-state index contributed by atoms with van der Waals surface area (Å²) in [6, 6.07) is 14.0. The summed E-state index contributed by atoms with van der Waals surface area (Å²) in [6.45, 7) is 5.09. The summed E-state index contributed by atoms with van der Waals surface area (Å²) in [5.74, 6) is -0.0688. The van der Waals surface area contributed by atoms with Gasteiger partial charge >= 0.3 is 0 Å². The highest BCUT2D eigenvalue weighted by molar-refractivity contribution is 6.45. The van der Waals surface area contributed by atoms with Gasteiger partial charge in [0.1, 0.15) is 11.4 Å². The zero-order valence-electron chi connectivity index (χ0n) is 18.3. The second-order valence-corrected chi connectivity index (χ2v) is 8.91. The van der Waals surface area contributed by atoms with Crippen molar-refractivity contribution in [3.05, 3.63) is 64.8 Å². The molecule has 2 amide bonds. The van der Waals surface area contributed by atoms with Crippen LogP contribution in [0.3, 0.4) is 0 Å². The van der Waals surface area contributed by atoms with Crippen LogP contribution in [0, 0.1) is 5.92 Å². The number of aliphatic hydroxyl groups is 1. The second kappa shape index (κ2) is 9.35. The van der Waals surface area contributed by atoms with Crippen LogP contribution in [-0.2, 0) is 9.59 Å². The molecule has 0 bridgehead atoms. The average molecular weight is 455 g/mol. The zero-order chi connectivity index (χ0) is 22.8. The fraction of sp³-hybridized carbons (Fsp3) is 0.360. The van der Waals surface area contributed by atoms with E-state index in [1.54, 1.807) is 48.5 Å². The van der Waals surface area contributed by atoms with Gasteiger partial charge < -0.3 is 14.7 Å². The Hall–Kier alpha value is -2.83. The van der Waals surface area contributed by atoms with E-state index in [-0.39, 0.29) is 30.4 Å². The van der Waals surface area contributed by atoms with Crippen LogP contribution in [0.25, 0.3) is 5.57 Å². The van der Waals surface area contributed by atoms with E-state index in [2.05, 4.69) is 0 Å². The van der Waals surface area contributed by atoms with Gasteiger partial charge in [-0.15, -0.1) is 0 Å². The van der Waals surface area contributed by atoms with Crippen LogP contribution < -0.4 is 9.64 Å². The molecule has 1 N–H and O–H groups in total. The SMILES string of the molecule is CC(C)Oc1cccc(N2C(=O)C(c3ccc(Cl)cc3)=C(N3CCCC(CO)C3)C2=O)c1. The van der Waals surface area contributed by atoms with E-state index in [4.69, 9.17) is 16.3 Å². The van der Waals surface area contributed by atoms with Crippen LogP contribution in [0.1, 0.15) is 32.3 Å². The molecule has 1 fully saturated rings. The maximum absolute atomic E-state index is 13.7. The highest BCUT2D eigenvalue weighted by Crippen LogP contribution is 2.37. The first-order chi connectivity index (χ1) is 15.4. The number of nitrogens with zero attached hydrogens (tertiary/aromatic N) is 2. The topological polar surface area (TPSA) is 70.1 Å². The second-order valence-electron chi connectivity index (χ2n) is 8.48. The summed E-state index contributed by atoms with van der Waals surface area (Å²) in [5.41, 5.74) is 1.85. The molecule has 32 heavy (non-hydrogen) atoms. The molecule has 0 aliphatic carbocycles. The third kappa shape index (κ3) is 4.38. The Kier molecular flexibility index (Phi) is 6.53. The summed E-state index contributed by atoms with van der Waals surface area (Å²) in [4.78, 5) is 30.5. The van der Waals surface area contributed by atoms with E-state index in [0.717, 1.165) is 12.8 Å². The maximum Gasteiger partial charge on any atom is 0.282 e. The van der Waals surface area contributed by atoms with E-state index in [9.17, 15) is 14.7 Å². The minimum atomic E-state index is -0.375. The number of carbonyl (C=O) groups excluding carboxylic acids is 2. The molecule has 2 aliphatic heterocycles. The van der Waals surface area contributed by atoms with Crippen LogP contribution in [0.5, 0.6) is 5.75 Å². The quantitative estimate of drug-likeness (QED) is 0.665. The number of likely N-dealkylation sites (tertiary alicyclic amines) is 1. The van der Waals surface area contributed by atoms with Crippen LogP contribution in [0.15, 0.2) is 54.2 Å². The molecular weight excluding hydrogens is 428 g/mol. The Morgan fingerprint density at radius 2 is 1.88 bits per heavy atom. The molecule has 0 aromatic heterocycles. The van der Waals surface area contributed by atoms with Crippen LogP contribution in [0.2, 0.25) is 5.02 Å². The number of rotatable bonds is 6. The van der Waals surface area contributed by atoms with Gasteiger partial charge in [0.05, 0.1) is 17.4 Å². The number of piperidine rings is 1. The smallest absolute Gasteiger partial charge is 0.282 e.